The Hall–Kier alpha value is -3.71. The minimum Gasteiger partial charge on any atom is -0.318 e. The zero-order valence-corrected chi connectivity index (χ0v) is 18.8. The Bertz CT molecular complexity index is 1360. The minimum atomic E-state index is -0.418. The van der Waals surface area contributed by atoms with Gasteiger partial charge in [-0.25, -0.2) is 0 Å². The molecular formula is C25H21N5OS. The first-order valence-electron chi connectivity index (χ1n) is 10.2. The highest BCUT2D eigenvalue weighted by molar-refractivity contribution is 8.27. The minimum absolute atomic E-state index is 0.0405. The largest absolute Gasteiger partial charge is 0.318 e. The van der Waals surface area contributed by atoms with Gasteiger partial charge in [-0.3, -0.25) is 10.2 Å². The number of aromatic nitrogens is 1. The number of benzene rings is 2. The highest BCUT2D eigenvalue weighted by atomic mass is 32.2. The van der Waals surface area contributed by atoms with Crippen molar-refractivity contribution in [3.05, 3.63) is 94.3 Å². The maximum absolute atomic E-state index is 12.8. The molecule has 0 unspecified atom stereocenters. The Balaban J connectivity index is 1.52. The molecule has 0 spiro atoms. The van der Waals surface area contributed by atoms with Crippen molar-refractivity contribution >= 4 is 39.8 Å². The molecule has 32 heavy (non-hydrogen) atoms. The number of nitrogens with one attached hydrogen (secondary N) is 1. The van der Waals surface area contributed by atoms with Gasteiger partial charge < -0.3 is 4.57 Å². The van der Waals surface area contributed by atoms with Crippen LogP contribution in [0.1, 0.15) is 28.1 Å². The fourth-order valence-electron chi connectivity index (χ4n) is 3.94. The maximum Gasteiger partial charge on any atom is 0.283 e. The highest BCUT2D eigenvalue weighted by Gasteiger charge is 2.36. The van der Waals surface area contributed by atoms with Crippen molar-refractivity contribution in [3.8, 4) is 5.69 Å². The van der Waals surface area contributed by atoms with Crippen LogP contribution in [0.3, 0.4) is 0 Å². The summed E-state index contributed by atoms with van der Waals surface area (Å²) in [6.45, 7) is 6.12. The summed E-state index contributed by atoms with van der Waals surface area (Å²) in [5, 5.41) is 15.8. The Labute approximate surface area is 190 Å². The van der Waals surface area contributed by atoms with E-state index >= 15 is 0 Å². The first-order chi connectivity index (χ1) is 15.4. The van der Waals surface area contributed by atoms with Crippen LogP contribution in [-0.4, -0.2) is 31.5 Å². The molecule has 5 rings (SSSR count). The molecule has 1 amide bonds. The molecule has 2 aliphatic heterocycles. The van der Waals surface area contributed by atoms with Gasteiger partial charge in [-0.2, -0.15) is 15.1 Å². The van der Waals surface area contributed by atoms with E-state index in [9.17, 15) is 4.79 Å². The van der Waals surface area contributed by atoms with E-state index < -0.39 is 5.91 Å². The van der Waals surface area contributed by atoms with E-state index in [1.54, 1.807) is 6.08 Å². The standard InChI is InChI=1S/C25H21N5OS/c1-15-8-7-11-20(12-15)29-16(2)13-19(17(29)3)14-21-22(26)30-25(27-23(21)31)32-24(28-30)18-9-5-4-6-10-18/h4-14,26H,1-3H3/b21-14-,26-22?. The normalized spacial score (nSPS) is 17.0. The number of fused-ring (bicyclic) bond motifs is 1. The van der Waals surface area contributed by atoms with E-state index in [-0.39, 0.29) is 11.4 Å². The number of nitrogens with zero attached hydrogens (tertiary/aromatic N) is 4. The van der Waals surface area contributed by atoms with Crippen molar-refractivity contribution in [2.75, 3.05) is 0 Å². The van der Waals surface area contributed by atoms with E-state index in [1.165, 1.54) is 22.3 Å². The molecule has 0 saturated heterocycles. The van der Waals surface area contributed by atoms with Crippen LogP contribution in [0.15, 0.2) is 76.3 Å². The number of hydrogen-bond acceptors (Lipinski definition) is 4. The van der Waals surface area contributed by atoms with Gasteiger partial charge in [0.25, 0.3) is 5.91 Å². The number of aryl methyl sites for hydroxylation is 2. The van der Waals surface area contributed by atoms with Crippen molar-refractivity contribution in [2.45, 2.75) is 20.8 Å². The fourth-order valence-corrected chi connectivity index (χ4v) is 4.84. The monoisotopic (exact) mass is 439 g/mol. The molecule has 3 aromatic rings. The van der Waals surface area contributed by atoms with E-state index in [4.69, 9.17) is 5.41 Å². The van der Waals surface area contributed by atoms with Crippen LogP contribution in [0.2, 0.25) is 0 Å². The summed E-state index contributed by atoms with van der Waals surface area (Å²) in [6, 6.07) is 20.0. The van der Waals surface area contributed by atoms with Gasteiger partial charge in [0.05, 0.1) is 5.57 Å². The van der Waals surface area contributed by atoms with Gasteiger partial charge in [-0.1, -0.05) is 42.5 Å². The van der Waals surface area contributed by atoms with Crippen molar-refractivity contribution < 1.29 is 4.79 Å². The van der Waals surface area contributed by atoms with Gasteiger partial charge in [-0.05, 0) is 67.9 Å². The SMILES string of the molecule is Cc1cccc(-n2c(C)cc(/C=C3/C(=N)N4N=C(c5ccccc5)SC4=NC3=O)c2C)c1. The summed E-state index contributed by atoms with van der Waals surface area (Å²) < 4.78 is 2.16. The molecule has 0 saturated carbocycles. The first kappa shape index (κ1) is 20.2. The molecule has 0 bridgehead atoms. The van der Waals surface area contributed by atoms with Crippen LogP contribution in [-0.2, 0) is 4.79 Å². The van der Waals surface area contributed by atoms with Crippen LogP contribution in [0.5, 0.6) is 0 Å². The molecular weight excluding hydrogens is 418 g/mol. The molecule has 2 aliphatic rings. The molecule has 0 radical (unpaired) electrons. The van der Waals surface area contributed by atoms with Gasteiger partial charge in [0, 0.05) is 22.6 Å². The van der Waals surface area contributed by atoms with Crippen LogP contribution < -0.4 is 0 Å². The highest BCUT2D eigenvalue weighted by Crippen LogP contribution is 2.31. The molecule has 0 aliphatic carbocycles. The van der Waals surface area contributed by atoms with Gasteiger partial charge in [0.1, 0.15) is 5.04 Å². The van der Waals surface area contributed by atoms with Crippen LogP contribution >= 0.6 is 11.8 Å². The van der Waals surface area contributed by atoms with Crippen LogP contribution in [0.25, 0.3) is 11.8 Å². The van der Waals surface area contributed by atoms with Crippen molar-refractivity contribution in [2.24, 2.45) is 10.1 Å². The van der Waals surface area contributed by atoms with Gasteiger partial charge >= 0.3 is 0 Å². The summed E-state index contributed by atoms with van der Waals surface area (Å²) in [5.74, 6) is -0.377. The smallest absolute Gasteiger partial charge is 0.283 e. The Morgan fingerprint density at radius 3 is 2.53 bits per heavy atom. The molecule has 0 fully saturated rings. The van der Waals surface area contributed by atoms with Crippen LogP contribution in [0, 0.1) is 26.2 Å². The fraction of sp³-hybridized carbons (Fsp3) is 0.120. The van der Waals surface area contributed by atoms with Crippen molar-refractivity contribution in [1.82, 2.24) is 9.58 Å². The van der Waals surface area contributed by atoms with Crippen molar-refractivity contribution in [3.63, 3.8) is 0 Å². The zero-order chi connectivity index (χ0) is 22.4. The topological polar surface area (TPSA) is 73.8 Å². The van der Waals surface area contributed by atoms with E-state index in [0.29, 0.717) is 5.17 Å². The van der Waals surface area contributed by atoms with Gasteiger partial charge in [0.2, 0.25) is 5.17 Å². The van der Waals surface area contributed by atoms with E-state index in [1.807, 2.05) is 56.3 Å². The Morgan fingerprint density at radius 1 is 1.00 bits per heavy atom. The predicted octanol–water partition coefficient (Wildman–Crippen LogP) is 5.07. The Kier molecular flexibility index (Phi) is 4.90. The Morgan fingerprint density at radius 2 is 1.78 bits per heavy atom. The quantitative estimate of drug-likeness (QED) is 0.579. The summed E-state index contributed by atoms with van der Waals surface area (Å²) >= 11 is 1.30. The summed E-state index contributed by atoms with van der Waals surface area (Å²) in [4.78, 5) is 17.0. The third-order valence-corrected chi connectivity index (χ3v) is 6.46. The number of aliphatic imine (C=N–C) groups is 1. The second-order valence-electron chi connectivity index (χ2n) is 7.79. The third kappa shape index (κ3) is 3.40. The number of hydrazone groups is 1. The zero-order valence-electron chi connectivity index (χ0n) is 18.0. The number of thioether (sulfide) groups is 1. The maximum atomic E-state index is 12.8. The molecule has 6 nitrogen and oxygen atoms in total. The molecule has 1 N–H and O–H groups in total. The predicted molar refractivity (Wildman–Crippen MR) is 131 cm³/mol. The lowest BCUT2D eigenvalue weighted by molar-refractivity contribution is -0.114. The summed E-state index contributed by atoms with van der Waals surface area (Å²) in [7, 11) is 0. The lowest BCUT2D eigenvalue weighted by Gasteiger charge is -2.20. The number of amidine groups is 2. The number of carbonyl (C=O) groups is 1. The second kappa shape index (κ2) is 7.76. The molecule has 7 heteroatoms. The lowest BCUT2D eigenvalue weighted by atomic mass is 10.1. The number of carbonyl (C=O) groups excluding carboxylic acids is 1. The molecule has 0 atom stereocenters. The molecule has 1 aromatic heterocycles. The lowest BCUT2D eigenvalue weighted by Crippen LogP contribution is -2.35. The van der Waals surface area contributed by atoms with Crippen LogP contribution in [0.4, 0.5) is 0 Å². The second-order valence-corrected chi connectivity index (χ2v) is 8.75. The number of amides is 1. The van der Waals surface area contributed by atoms with Gasteiger partial charge in [0.15, 0.2) is 5.84 Å². The van der Waals surface area contributed by atoms with Crippen molar-refractivity contribution in [1.29, 1.82) is 5.41 Å². The third-order valence-electron chi connectivity index (χ3n) is 5.51. The van der Waals surface area contributed by atoms with E-state index in [2.05, 4.69) is 39.8 Å². The average Bonchev–Trinajstić information content (AvgIpc) is 3.32. The molecule has 2 aromatic carbocycles. The number of rotatable bonds is 3. The molecule has 3 heterocycles. The molecule has 158 valence electrons. The number of hydrogen-bond donors (Lipinski definition) is 1. The summed E-state index contributed by atoms with van der Waals surface area (Å²) in [6.07, 6.45) is 1.75. The first-order valence-corrected chi connectivity index (χ1v) is 11.1. The van der Waals surface area contributed by atoms with Gasteiger partial charge in [-0.15, -0.1) is 0 Å². The summed E-state index contributed by atoms with van der Waals surface area (Å²) in [5.41, 5.74) is 6.36. The average molecular weight is 440 g/mol. The van der Waals surface area contributed by atoms with E-state index in [0.717, 1.165) is 33.2 Å².